The average molecular weight is 397 g/mol. The van der Waals surface area contributed by atoms with Crippen LogP contribution < -0.4 is 20.7 Å². The van der Waals surface area contributed by atoms with Gasteiger partial charge in [-0.1, -0.05) is 18.2 Å². The SMILES string of the molecule is COc1ccc(CNCC(=O)Nc2cccc(C(=O)NCC3CCCO3)c2)cc1. The van der Waals surface area contributed by atoms with Crippen molar-refractivity contribution >= 4 is 17.5 Å². The normalized spacial score (nSPS) is 15.7. The second-order valence-electron chi connectivity index (χ2n) is 6.93. The molecule has 0 aromatic heterocycles. The quantitative estimate of drug-likeness (QED) is 0.604. The maximum absolute atomic E-state index is 12.3. The van der Waals surface area contributed by atoms with Crippen LogP contribution in [0.5, 0.6) is 5.75 Å². The van der Waals surface area contributed by atoms with Crippen molar-refractivity contribution in [3.63, 3.8) is 0 Å². The van der Waals surface area contributed by atoms with E-state index in [2.05, 4.69) is 16.0 Å². The molecule has 1 aliphatic rings. The topological polar surface area (TPSA) is 88.7 Å². The molecule has 0 saturated carbocycles. The lowest BCUT2D eigenvalue weighted by molar-refractivity contribution is -0.115. The first kappa shape index (κ1) is 20.8. The Morgan fingerprint density at radius 2 is 2.00 bits per heavy atom. The number of methoxy groups -OCH3 is 1. The van der Waals surface area contributed by atoms with Crippen molar-refractivity contribution in [1.82, 2.24) is 10.6 Å². The van der Waals surface area contributed by atoms with Crippen molar-refractivity contribution in [1.29, 1.82) is 0 Å². The van der Waals surface area contributed by atoms with Gasteiger partial charge in [0.2, 0.25) is 5.91 Å². The number of nitrogens with one attached hydrogen (secondary N) is 3. The highest BCUT2D eigenvalue weighted by atomic mass is 16.5. The number of hydrogen-bond donors (Lipinski definition) is 3. The van der Waals surface area contributed by atoms with Crippen LogP contribution in [0.3, 0.4) is 0 Å². The molecule has 0 spiro atoms. The molecule has 2 aromatic carbocycles. The number of rotatable bonds is 9. The van der Waals surface area contributed by atoms with Crippen LogP contribution in [0.25, 0.3) is 0 Å². The van der Waals surface area contributed by atoms with Crippen LogP contribution in [0.4, 0.5) is 5.69 Å². The Labute approximate surface area is 170 Å². The minimum Gasteiger partial charge on any atom is -0.497 e. The number of carbonyl (C=O) groups excluding carboxylic acids is 2. The summed E-state index contributed by atoms with van der Waals surface area (Å²) >= 11 is 0. The molecule has 1 atom stereocenters. The molecule has 154 valence electrons. The van der Waals surface area contributed by atoms with E-state index in [4.69, 9.17) is 9.47 Å². The van der Waals surface area contributed by atoms with Gasteiger partial charge < -0.3 is 25.4 Å². The summed E-state index contributed by atoms with van der Waals surface area (Å²) < 4.78 is 10.6. The number of carbonyl (C=O) groups is 2. The van der Waals surface area contributed by atoms with Gasteiger partial charge in [-0.05, 0) is 48.7 Å². The Kier molecular flexibility index (Phi) is 7.61. The predicted octanol–water partition coefficient (Wildman–Crippen LogP) is 2.33. The summed E-state index contributed by atoms with van der Waals surface area (Å²) in [5.74, 6) is 0.454. The van der Waals surface area contributed by atoms with E-state index < -0.39 is 0 Å². The van der Waals surface area contributed by atoms with Crippen molar-refractivity contribution in [3.8, 4) is 5.75 Å². The van der Waals surface area contributed by atoms with Gasteiger partial charge in [0.05, 0.1) is 19.8 Å². The highest BCUT2D eigenvalue weighted by Crippen LogP contribution is 2.13. The Bertz CT molecular complexity index is 817. The number of amides is 2. The Morgan fingerprint density at radius 3 is 2.72 bits per heavy atom. The lowest BCUT2D eigenvalue weighted by Crippen LogP contribution is -2.32. The zero-order valence-electron chi connectivity index (χ0n) is 16.6. The van der Waals surface area contributed by atoms with E-state index in [1.165, 1.54) is 0 Å². The fourth-order valence-electron chi connectivity index (χ4n) is 3.12. The molecule has 1 unspecified atom stereocenters. The second kappa shape index (κ2) is 10.6. The van der Waals surface area contributed by atoms with Crippen LogP contribution in [-0.2, 0) is 16.1 Å². The number of ether oxygens (including phenoxy) is 2. The van der Waals surface area contributed by atoms with Gasteiger partial charge in [0, 0.05) is 30.9 Å². The molecular formula is C22H27N3O4. The third kappa shape index (κ3) is 6.58. The van der Waals surface area contributed by atoms with Gasteiger partial charge >= 0.3 is 0 Å². The predicted molar refractivity (Wildman–Crippen MR) is 111 cm³/mol. The van der Waals surface area contributed by atoms with Crippen LogP contribution in [-0.4, -0.2) is 44.7 Å². The maximum atomic E-state index is 12.3. The van der Waals surface area contributed by atoms with Gasteiger partial charge in [-0.15, -0.1) is 0 Å². The number of anilines is 1. The van der Waals surface area contributed by atoms with Crippen LogP contribution >= 0.6 is 0 Å². The van der Waals surface area contributed by atoms with E-state index in [-0.39, 0.29) is 24.5 Å². The van der Waals surface area contributed by atoms with E-state index in [1.54, 1.807) is 31.4 Å². The van der Waals surface area contributed by atoms with Crippen molar-refractivity contribution in [2.75, 3.05) is 32.1 Å². The number of benzene rings is 2. The fourth-order valence-corrected chi connectivity index (χ4v) is 3.12. The zero-order valence-corrected chi connectivity index (χ0v) is 16.6. The third-order valence-electron chi connectivity index (χ3n) is 4.70. The van der Waals surface area contributed by atoms with E-state index >= 15 is 0 Å². The van der Waals surface area contributed by atoms with Gasteiger partial charge in [-0.25, -0.2) is 0 Å². The minimum atomic E-state index is -0.172. The van der Waals surface area contributed by atoms with Crippen molar-refractivity contribution in [2.45, 2.75) is 25.5 Å². The molecule has 29 heavy (non-hydrogen) atoms. The molecule has 3 rings (SSSR count). The first-order valence-corrected chi connectivity index (χ1v) is 9.77. The maximum Gasteiger partial charge on any atom is 0.251 e. The smallest absolute Gasteiger partial charge is 0.251 e. The first-order valence-electron chi connectivity index (χ1n) is 9.77. The average Bonchev–Trinajstić information content (AvgIpc) is 3.26. The van der Waals surface area contributed by atoms with Crippen LogP contribution in [0.15, 0.2) is 48.5 Å². The van der Waals surface area contributed by atoms with Crippen LogP contribution in [0, 0.1) is 0 Å². The molecule has 2 aromatic rings. The van der Waals surface area contributed by atoms with Crippen molar-refractivity contribution < 1.29 is 19.1 Å². The Balaban J connectivity index is 1.43. The monoisotopic (exact) mass is 397 g/mol. The molecule has 1 saturated heterocycles. The van der Waals surface area contributed by atoms with Gasteiger partial charge in [0.1, 0.15) is 5.75 Å². The highest BCUT2D eigenvalue weighted by Gasteiger charge is 2.16. The molecule has 7 heteroatoms. The second-order valence-corrected chi connectivity index (χ2v) is 6.93. The fraction of sp³-hybridized carbons (Fsp3) is 0.364. The van der Waals surface area contributed by atoms with Crippen LogP contribution in [0.2, 0.25) is 0 Å². The lowest BCUT2D eigenvalue weighted by Gasteiger charge is -2.12. The third-order valence-corrected chi connectivity index (χ3v) is 4.70. The van der Waals surface area contributed by atoms with Crippen LogP contribution in [0.1, 0.15) is 28.8 Å². The van der Waals surface area contributed by atoms with E-state index in [1.807, 2.05) is 24.3 Å². The summed E-state index contributed by atoms with van der Waals surface area (Å²) in [6.45, 7) is 2.00. The largest absolute Gasteiger partial charge is 0.497 e. The molecule has 0 aliphatic carbocycles. The molecule has 7 nitrogen and oxygen atoms in total. The van der Waals surface area contributed by atoms with Crippen molar-refractivity contribution in [2.24, 2.45) is 0 Å². The molecule has 0 bridgehead atoms. The Morgan fingerprint density at radius 1 is 1.17 bits per heavy atom. The van der Waals surface area contributed by atoms with E-state index in [9.17, 15) is 9.59 Å². The zero-order chi connectivity index (χ0) is 20.5. The summed E-state index contributed by atoms with van der Waals surface area (Å²) in [5, 5.41) is 8.80. The lowest BCUT2D eigenvalue weighted by atomic mass is 10.1. The molecule has 2 amide bonds. The summed E-state index contributed by atoms with van der Waals surface area (Å²) in [4.78, 5) is 24.5. The summed E-state index contributed by atoms with van der Waals surface area (Å²) in [5.41, 5.74) is 2.15. The molecular weight excluding hydrogens is 370 g/mol. The molecule has 1 heterocycles. The summed E-state index contributed by atoms with van der Waals surface area (Å²) in [6, 6.07) is 14.6. The van der Waals surface area contributed by atoms with E-state index in [0.717, 1.165) is 30.8 Å². The van der Waals surface area contributed by atoms with Gasteiger partial charge in [-0.3, -0.25) is 9.59 Å². The van der Waals surface area contributed by atoms with Gasteiger partial charge in [0.25, 0.3) is 5.91 Å². The number of hydrogen-bond acceptors (Lipinski definition) is 5. The van der Waals surface area contributed by atoms with Crippen molar-refractivity contribution in [3.05, 3.63) is 59.7 Å². The summed E-state index contributed by atoms with van der Waals surface area (Å²) in [7, 11) is 1.63. The highest BCUT2D eigenvalue weighted by molar-refractivity contribution is 5.97. The summed E-state index contributed by atoms with van der Waals surface area (Å²) in [6.07, 6.45) is 2.10. The van der Waals surface area contributed by atoms with E-state index in [0.29, 0.717) is 24.3 Å². The van der Waals surface area contributed by atoms with Gasteiger partial charge in [-0.2, -0.15) is 0 Å². The first-order chi connectivity index (χ1) is 14.1. The molecule has 1 fully saturated rings. The molecule has 0 radical (unpaired) electrons. The molecule has 3 N–H and O–H groups in total. The minimum absolute atomic E-state index is 0.0959. The molecule has 1 aliphatic heterocycles. The Hall–Kier alpha value is -2.90. The standard InChI is InChI=1S/C22H27N3O4/c1-28-19-9-7-16(8-10-19)13-23-15-21(26)25-18-5-2-4-17(12-18)22(27)24-14-20-6-3-11-29-20/h2,4-5,7-10,12,20,23H,3,6,11,13-15H2,1H3,(H,24,27)(H,25,26). The van der Waals surface area contributed by atoms with Gasteiger partial charge in [0.15, 0.2) is 0 Å².